The Morgan fingerprint density at radius 2 is 1.92 bits per heavy atom. The van der Waals surface area contributed by atoms with Gasteiger partial charge in [-0.15, -0.1) is 0 Å². The first kappa shape index (κ1) is 16.8. The van der Waals surface area contributed by atoms with Crippen LogP contribution in [0.25, 0.3) is 11.0 Å². The Hall–Kier alpha value is -3.09. The molecule has 3 aromatic rings. The highest BCUT2D eigenvalue weighted by Crippen LogP contribution is 2.21. The van der Waals surface area contributed by atoms with Crippen LogP contribution < -0.4 is 5.43 Å². The van der Waals surface area contributed by atoms with Crippen molar-refractivity contribution in [1.29, 1.82) is 0 Å². The van der Waals surface area contributed by atoms with Crippen LogP contribution in [0.3, 0.4) is 0 Å². The molecule has 128 valence electrons. The molecule has 1 aromatic carbocycles. The van der Waals surface area contributed by atoms with E-state index in [4.69, 9.17) is 0 Å². The van der Waals surface area contributed by atoms with E-state index in [-0.39, 0.29) is 11.7 Å². The van der Waals surface area contributed by atoms with Gasteiger partial charge in [0.2, 0.25) is 0 Å². The molecule has 0 aliphatic heterocycles. The number of amides is 1. The minimum absolute atomic E-state index is 0.317. The number of hydrogen-bond donors (Lipinski definition) is 1. The van der Waals surface area contributed by atoms with E-state index >= 15 is 0 Å². The van der Waals surface area contributed by atoms with Crippen LogP contribution in [0.4, 0.5) is 4.39 Å². The molecule has 0 saturated carbocycles. The fourth-order valence-corrected chi connectivity index (χ4v) is 2.70. The van der Waals surface area contributed by atoms with E-state index in [0.29, 0.717) is 22.3 Å². The normalized spacial score (nSPS) is 11.8. The Morgan fingerprint density at radius 3 is 2.60 bits per heavy atom. The molecule has 0 saturated heterocycles. The second-order valence-electron chi connectivity index (χ2n) is 5.86. The highest BCUT2D eigenvalue weighted by atomic mass is 19.1. The number of rotatable bonds is 3. The van der Waals surface area contributed by atoms with E-state index in [1.54, 1.807) is 36.9 Å². The van der Waals surface area contributed by atoms with Crippen molar-refractivity contribution in [2.24, 2.45) is 12.1 Å². The molecule has 0 aliphatic rings. The van der Waals surface area contributed by atoms with Gasteiger partial charge in [0.1, 0.15) is 5.82 Å². The maximum Gasteiger partial charge on any atom is 0.272 e. The summed E-state index contributed by atoms with van der Waals surface area (Å²) in [7, 11) is 1.79. The number of halogens is 1. The molecule has 0 atom stereocenters. The van der Waals surface area contributed by atoms with E-state index < -0.39 is 0 Å². The lowest BCUT2D eigenvalue weighted by Gasteiger charge is -2.06. The Morgan fingerprint density at radius 1 is 1.24 bits per heavy atom. The minimum Gasteiger partial charge on any atom is -0.267 e. The molecule has 0 unspecified atom stereocenters. The van der Waals surface area contributed by atoms with Crippen molar-refractivity contribution in [2.75, 3.05) is 0 Å². The first-order chi connectivity index (χ1) is 11.9. The van der Waals surface area contributed by atoms with Crippen LogP contribution in [0.1, 0.15) is 34.2 Å². The molecular weight excluding hydrogens is 321 g/mol. The summed E-state index contributed by atoms with van der Waals surface area (Å²) in [5, 5.41) is 9.16. The molecule has 1 amide bonds. The van der Waals surface area contributed by atoms with Crippen LogP contribution >= 0.6 is 0 Å². The largest absolute Gasteiger partial charge is 0.272 e. The lowest BCUT2D eigenvalue weighted by Crippen LogP contribution is -2.20. The van der Waals surface area contributed by atoms with Gasteiger partial charge < -0.3 is 0 Å². The Kier molecular flexibility index (Phi) is 4.31. The molecule has 0 aliphatic carbocycles. The third kappa shape index (κ3) is 3.26. The summed E-state index contributed by atoms with van der Waals surface area (Å²) < 4.78 is 14.6. The first-order valence-corrected chi connectivity index (χ1v) is 7.78. The van der Waals surface area contributed by atoms with Crippen molar-refractivity contribution in [2.45, 2.75) is 20.8 Å². The van der Waals surface area contributed by atoms with Gasteiger partial charge in [-0.3, -0.25) is 9.48 Å². The fourth-order valence-electron chi connectivity index (χ4n) is 2.70. The van der Waals surface area contributed by atoms with Crippen LogP contribution in [0, 0.1) is 19.7 Å². The Balaban J connectivity index is 1.92. The molecule has 0 radical (unpaired) electrons. The third-order valence-electron chi connectivity index (χ3n) is 3.93. The molecule has 0 spiro atoms. The van der Waals surface area contributed by atoms with Gasteiger partial charge in [0.05, 0.1) is 22.4 Å². The molecule has 25 heavy (non-hydrogen) atoms. The predicted molar refractivity (Wildman–Crippen MR) is 94.1 cm³/mol. The fraction of sp³-hybridized carbons (Fsp3) is 0.222. The van der Waals surface area contributed by atoms with Crippen molar-refractivity contribution in [3.8, 4) is 0 Å². The molecule has 2 aromatic heterocycles. The average molecular weight is 339 g/mol. The van der Waals surface area contributed by atoms with Gasteiger partial charge in [-0.2, -0.15) is 10.2 Å². The van der Waals surface area contributed by atoms with E-state index in [1.165, 1.54) is 12.1 Å². The van der Waals surface area contributed by atoms with Crippen molar-refractivity contribution >= 4 is 22.7 Å². The number of benzene rings is 1. The molecule has 7 heteroatoms. The predicted octanol–water partition coefficient (Wildman–Crippen LogP) is 2.88. The van der Waals surface area contributed by atoms with Gasteiger partial charge in [-0.1, -0.05) is 12.1 Å². The van der Waals surface area contributed by atoms with E-state index in [1.807, 2.05) is 13.8 Å². The zero-order valence-corrected chi connectivity index (χ0v) is 14.5. The van der Waals surface area contributed by atoms with Crippen molar-refractivity contribution in [3.63, 3.8) is 0 Å². The van der Waals surface area contributed by atoms with E-state index in [0.717, 1.165) is 17.0 Å². The monoisotopic (exact) mass is 339 g/mol. The quantitative estimate of drug-likeness (QED) is 0.589. The number of aryl methyl sites for hydroxylation is 3. The molecule has 0 bridgehead atoms. The van der Waals surface area contributed by atoms with Crippen LogP contribution in [0.15, 0.2) is 35.4 Å². The third-order valence-corrected chi connectivity index (χ3v) is 3.93. The second-order valence-corrected chi connectivity index (χ2v) is 5.86. The van der Waals surface area contributed by atoms with Gasteiger partial charge >= 0.3 is 0 Å². The Bertz CT molecular complexity index is 989. The van der Waals surface area contributed by atoms with Gasteiger partial charge in [-0.05, 0) is 44.5 Å². The zero-order chi connectivity index (χ0) is 18.1. The summed E-state index contributed by atoms with van der Waals surface area (Å²) >= 11 is 0. The summed E-state index contributed by atoms with van der Waals surface area (Å²) in [6.45, 7) is 5.41. The molecule has 6 nitrogen and oxygen atoms in total. The number of carbonyl (C=O) groups is 1. The molecular formula is C18H18FN5O. The van der Waals surface area contributed by atoms with Crippen LogP contribution in [0.2, 0.25) is 0 Å². The van der Waals surface area contributed by atoms with Gasteiger partial charge in [-0.25, -0.2) is 14.8 Å². The average Bonchev–Trinajstić information content (AvgIpc) is 2.86. The number of nitrogens with zero attached hydrogens (tertiary/aromatic N) is 4. The highest BCUT2D eigenvalue weighted by Gasteiger charge is 2.17. The van der Waals surface area contributed by atoms with E-state index in [9.17, 15) is 9.18 Å². The maximum atomic E-state index is 13.0. The van der Waals surface area contributed by atoms with Gasteiger partial charge in [0, 0.05) is 12.7 Å². The van der Waals surface area contributed by atoms with Crippen molar-refractivity contribution in [1.82, 2.24) is 20.2 Å². The molecule has 3 rings (SSSR count). The summed E-state index contributed by atoms with van der Waals surface area (Å²) in [4.78, 5) is 17.1. The number of pyridine rings is 1. The summed E-state index contributed by atoms with van der Waals surface area (Å²) in [5.41, 5.74) is 6.45. The van der Waals surface area contributed by atoms with Crippen molar-refractivity contribution in [3.05, 3.63) is 58.7 Å². The van der Waals surface area contributed by atoms with Gasteiger partial charge in [0.15, 0.2) is 5.65 Å². The number of aromatic nitrogens is 3. The zero-order valence-electron chi connectivity index (χ0n) is 14.5. The number of hydrazone groups is 1. The van der Waals surface area contributed by atoms with Gasteiger partial charge in [0.25, 0.3) is 5.91 Å². The Labute approximate surface area is 144 Å². The molecule has 0 fully saturated rings. The lowest BCUT2D eigenvalue weighted by atomic mass is 10.1. The number of fused-ring (bicyclic) bond motifs is 1. The summed E-state index contributed by atoms with van der Waals surface area (Å²) in [6.07, 6.45) is 0. The first-order valence-electron chi connectivity index (χ1n) is 7.78. The lowest BCUT2D eigenvalue weighted by molar-refractivity contribution is 0.0956. The topological polar surface area (TPSA) is 72.2 Å². The van der Waals surface area contributed by atoms with Crippen LogP contribution in [-0.4, -0.2) is 26.4 Å². The standard InChI is InChI=1S/C18H18FN5O/c1-10-9-15(16-12(3)23-24(4)17(16)20-10)18(25)22-21-11(2)13-5-7-14(19)8-6-13/h5-9H,1-4H3,(H,22,25)/b21-11-. The van der Waals surface area contributed by atoms with Crippen LogP contribution in [-0.2, 0) is 7.05 Å². The summed E-state index contributed by atoms with van der Waals surface area (Å²) in [6, 6.07) is 7.64. The minimum atomic E-state index is -0.340. The maximum absolute atomic E-state index is 13.0. The highest BCUT2D eigenvalue weighted by molar-refractivity contribution is 6.07. The smallest absolute Gasteiger partial charge is 0.267 e. The number of nitrogens with one attached hydrogen (secondary N) is 1. The summed E-state index contributed by atoms with van der Waals surface area (Å²) in [5.74, 6) is -0.657. The number of hydrogen-bond acceptors (Lipinski definition) is 4. The number of carbonyl (C=O) groups excluding carboxylic acids is 1. The SMILES string of the molecule is C/C(=N/NC(=O)c1cc(C)nc2c1c(C)nn2C)c1ccc(F)cc1. The molecule has 1 N–H and O–H groups in total. The van der Waals surface area contributed by atoms with Crippen molar-refractivity contribution < 1.29 is 9.18 Å². The molecule has 2 heterocycles. The van der Waals surface area contributed by atoms with E-state index in [2.05, 4.69) is 20.6 Å². The second kappa shape index (κ2) is 6.43. The van der Waals surface area contributed by atoms with Crippen LogP contribution in [0.5, 0.6) is 0 Å².